The van der Waals surface area contributed by atoms with E-state index in [0.717, 1.165) is 72.4 Å². The lowest BCUT2D eigenvalue weighted by atomic mass is 9.99. The lowest BCUT2D eigenvalue weighted by Gasteiger charge is -2.26. The van der Waals surface area contributed by atoms with E-state index in [0.29, 0.717) is 11.1 Å². The maximum absolute atomic E-state index is 13.1. The Morgan fingerprint density at radius 3 is 2.67 bits per heavy atom. The molecule has 2 aromatic carbocycles. The first-order chi connectivity index (χ1) is 17.5. The van der Waals surface area contributed by atoms with Crippen molar-refractivity contribution in [3.8, 4) is 16.8 Å². The van der Waals surface area contributed by atoms with Crippen LogP contribution in [-0.2, 0) is 0 Å². The van der Waals surface area contributed by atoms with E-state index >= 15 is 0 Å². The maximum atomic E-state index is 13.1. The number of aldehydes is 1. The van der Waals surface area contributed by atoms with Crippen molar-refractivity contribution < 1.29 is 9.59 Å². The van der Waals surface area contributed by atoms with E-state index in [4.69, 9.17) is 5.73 Å². The molecule has 2 heterocycles. The van der Waals surface area contributed by atoms with E-state index in [1.54, 1.807) is 6.20 Å². The molecule has 186 valence electrons. The number of carbonyl (C=O) groups excluding carboxylic acids is 2. The molecule has 2 aliphatic rings. The van der Waals surface area contributed by atoms with Gasteiger partial charge in [-0.2, -0.15) is 5.10 Å². The van der Waals surface area contributed by atoms with Gasteiger partial charge in [0.25, 0.3) is 5.91 Å². The van der Waals surface area contributed by atoms with Crippen molar-refractivity contribution in [1.29, 1.82) is 0 Å². The van der Waals surface area contributed by atoms with Crippen molar-refractivity contribution in [3.05, 3.63) is 82.9 Å². The average Bonchev–Trinajstić information content (AvgIpc) is 3.59. The molecular weight excluding hydrogens is 450 g/mol. The molecule has 1 aliphatic carbocycles. The lowest BCUT2D eigenvalue weighted by Crippen LogP contribution is -2.35. The Bertz CT molecular complexity index is 1320. The third-order valence-corrected chi connectivity index (χ3v) is 7.24. The van der Waals surface area contributed by atoms with E-state index in [9.17, 15) is 9.59 Å². The van der Waals surface area contributed by atoms with Crippen LogP contribution in [0.4, 0.5) is 0 Å². The largest absolute Gasteiger partial charge is 0.401 e. The first kappa shape index (κ1) is 23.9. The Hall–Kier alpha value is -3.87. The van der Waals surface area contributed by atoms with Crippen molar-refractivity contribution >= 4 is 12.2 Å². The number of aromatic nitrogens is 2. The number of nitrogens with zero attached hydrogens (tertiary/aromatic N) is 3. The zero-order valence-corrected chi connectivity index (χ0v) is 20.9. The van der Waals surface area contributed by atoms with Gasteiger partial charge in [0.1, 0.15) is 0 Å². The Balaban J connectivity index is 1.49. The highest BCUT2D eigenvalue weighted by molar-refractivity contribution is 5.95. The summed E-state index contributed by atoms with van der Waals surface area (Å²) in [7, 11) is 1.83. The van der Waals surface area contributed by atoms with Gasteiger partial charge >= 0.3 is 0 Å². The molecule has 5 rings (SSSR count). The average molecular weight is 484 g/mol. The Morgan fingerprint density at radius 2 is 1.92 bits per heavy atom. The highest BCUT2D eigenvalue weighted by atomic mass is 16.2. The van der Waals surface area contributed by atoms with Gasteiger partial charge in [-0.1, -0.05) is 18.2 Å². The van der Waals surface area contributed by atoms with Crippen LogP contribution in [0, 0.1) is 12.8 Å². The van der Waals surface area contributed by atoms with Crippen LogP contribution in [0.25, 0.3) is 16.8 Å². The van der Waals surface area contributed by atoms with Crippen LogP contribution >= 0.6 is 0 Å². The molecule has 3 N–H and O–H groups in total. The third-order valence-electron chi connectivity index (χ3n) is 7.24. The predicted molar refractivity (Wildman–Crippen MR) is 141 cm³/mol. The second-order valence-electron chi connectivity index (χ2n) is 9.89. The van der Waals surface area contributed by atoms with E-state index in [-0.39, 0.29) is 17.7 Å². The number of hydrogen-bond donors (Lipinski definition) is 2. The Labute approximate surface area is 212 Å². The zero-order valence-electron chi connectivity index (χ0n) is 20.9. The molecule has 1 amide bonds. The van der Waals surface area contributed by atoms with Crippen LogP contribution < -0.4 is 11.1 Å². The fourth-order valence-electron chi connectivity index (χ4n) is 5.34. The SMILES string of the molecule is CN/C=C(\N)C1C[C@H]1c1c(C=O)cnn1-c1cc(C)cc(-c2cccc(C(=O)N3CCCCC3)c2)c1. The lowest BCUT2D eigenvalue weighted by molar-refractivity contribution is 0.0724. The number of hydrogen-bond acceptors (Lipinski definition) is 5. The number of nitrogens with one attached hydrogen (secondary N) is 1. The molecule has 0 spiro atoms. The number of carbonyl (C=O) groups is 2. The van der Waals surface area contributed by atoms with E-state index in [1.165, 1.54) is 6.42 Å². The fraction of sp³-hybridized carbons (Fsp3) is 0.345. The molecule has 36 heavy (non-hydrogen) atoms. The summed E-state index contributed by atoms with van der Waals surface area (Å²) in [6, 6.07) is 14.1. The van der Waals surface area contributed by atoms with Gasteiger partial charge in [-0.25, -0.2) is 4.68 Å². The van der Waals surface area contributed by atoms with Gasteiger partial charge in [-0.15, -0.1) is 0 Å². The standard InChI is InChI=1S/C29H33N5O2/c1-19-11-22(20-7-6-8-21(13-20)29(36)33-9-4-3-5-10-33)14-24(12-19)34-28(23(18-35)16-32-34)26-15-25(26)27(30)17-31-2/h6-8,11-14,16-18,25-26,31H,3-5,9-10,15,30H2,1-2H3/b27-17-/t25?,26-/m1/s1. The number of benzene rings is 2. The third kappa shape index (κ3) is 4.65. The molecule has 1 saturated carbocycles. The number of piperidine rings is 1. The van der Waals surface area contributed by atoms with Crippen LogP contribution in [0.1, 0.15) is 63.6 Å². The summed E-state index contributed by atoms with van der Waals surface area (Å²) >= 11 is 0. The highest BCUT2D eigenvalue weighted by Gasteiger charge is 2.44. The summed E-state index contributed by atoms with van der Waals surface area (Å²) in [5.74, 6) is 0.432. The number of amides is 1. The molecule has 7 heteroatoms. The minimum Gasteiger partial charge on any atom is -0.401 e. The van der Waals surface area contributed by atoms with Crippen LogP contribution in [0.15, 0.2) is 60.6 Å². The fourth-order valence-corrected chi connectivity index (χ4v) is 5.34. The van der Waals surface area contributed by atoms with Crippen LogP contribution in [0.2, 0.25) is 0 Å². The van der Waals surface area contributed by atoms with Gasteiger partial charge in [0, 0.05) is 49.4 Å². The topological polar surface area (TPSA) is 93.2 Å². The summed E-state index contributed by atoms with van der Waals surface area (Å²) in [5.41, 5.74) is 13.2. The Morgan fingerprint density at radius 1 is 1.11 bits per heavy atom. The molecule has 3 aromatic rings. The van der Waals surface area contributed by atoms with Gasteiger partial charge in [0.15, 0.2) is 6.29 Å². The monoisotopic (exact) mass is 483 g/mol. The maximum Gasteiger partial charge on any atom is 0.253 e. The molecule has 1 aliphatic heterocycles. The molecule has 1 unspecified atom stereocenters. The second-order valence-corrected chi connectivity index (χ2v) is 9.89. The van der Waals surface area contributed by atoms with Gasteiger partial charge in [0.05, 0.1) is 23.1 Å². The first-order valence-electron chi connectivity index (χ1n) is 12.7. The normalized spacial score (nSPS) is 19.7. The summed E-state index contributed by atoms with van der Waals surface area (Å²) in [5, 5.41) is 7.58. The molecule has 2 atom stereocenters. The molecule has 7 nitrogen and oxygen atoms in total. The second kappa shape index (κ2) is 10.0. The minimum atomic E-state index is 0.0985. The zero-order chi connectivity index (χ0) is 25.2. The van der Waals surface area contributed by atoms with Gasteiger partial charge in [-0.05, 0) is 73.6 Å². The summed E-state index contributed by atoms with van der Waals surface area (Å²) in [4.78, 5) is 26.9. The van der Waals surface area contributed by atoms with Crippen molar-refractivity contribution in [2.75, 3.05) is 20.1 Å². The number of allylic oxidation sites excluding steroid dienone is 1. The van der Waals surface area contributed by atoms with Crippen molar-refractivity contribution in [1.82, 2.24) is 20.0 Å². The molecule has 1 aromatic heterocycles. The minimum absolute atomic E-state index is 0.0985. The molecule has 2 fully saturated rings. The van der Waals surface area contributed by atoms with E-state index in [1.807, 2.05) is 54.0 Å². The van der Waals surface area contributed by atoms with Crippen molar-refractivity contribution in [2.45, 2.75) is 38.5 Å². The molecule has 0 bridgehead atoms. The quantitative estimate of drug-likeness (QED) is 0.486. The number of nitrogens with two attached hydrogens (primary N) is 1. The van der Waals surface area contributed by atoms with Crippen LogP contribution in [0.5, 0.6) is 0 Å². The summed E-state index contributed by atoms with van der Waals surface area (Å²) < 4.78 is 1.88. The molecule has 1 saturated heterocycles. The van der Waals surface area contributed by atoms with E-state index < -0.39 is 0 Å². The van der Waals surface area contributed by atoms with Gasteiger partial charge in [0.2, 0.25) is 0 Å². The van der Waals surface area contributed by atoms with Gasteiger partial charge < -0.3 is 16.0 Å². The number of rotatable bonds is 7. The van der Waals surface area contributed by atoms with Crippen molar-refractivity contribution in [3.63, 3.8) is 0 Å². The smallest absolute Gasteiger partial charge is 0.253 e. The number of aryl methyl sites for hydroxylation is 1. The summed E-state index contributed by atoms with van der Waals surface area (Å²) in [6.07, 6.45) is 8.54. The molecular formula is C29H33N5O2. The summed E-state index contributed by atoms with van der Waals surface area (Å²) in [6.45, 7) is 3.71. The van der Waals surface area contributed by atoms with Crippen LogP contribution in [-0.4, -0.2) is 47.0 Å². The number of likely N-dealkylation sites (tertiary alicyclic amines) is 1. The van der Waals surface area contributed by atoms with E-state index in [2.05, 4.69) is 28.6 Å². The molecule has 0 radical (unpaired) electrons. The van der Waals surface area contributed by atoms with Gasteiger partial charge in [-0.3, -0.25) is 9.59 Å². The Kier molecular flexibility index (Phi) is 6.63. The van der Waals surface area contributed by atoms with Crippen molar-refractivity contribution in [2.24, 2.45) is 11.7 Å². The van der Waals surface area contributed by atoms with Crippen LogP contribution in [0.3, 0.4) is 0 Å². The first-order valence-corrected chi connectivity index (χ1v) is 12.7. The predicted octanol–water partition coefficient (Wildman–Crippen LogP) is 4.41. The highest BCUT2D eigenvalue weighted by Crippen LogP contribution is 2.51.